The van der Waals surface area contributed by atoms with Gasteiger partial charge in [0.2, 0.25) is 0 Å². The van der Waals surface area contributed by atoms with Crippen LogP contribution in [0.15, 0.2) is 42.1 Å². The molecule has 0 aliphatic carbocycles. The average molecular weight is 437 g/mol. The summed E-state index contributed by atoms with van der Waals surface area (Å²) >= 11 is 0. The number of nitrogens with zero attached hydrogens (tertiary/aromatic N) is 1. The van der Waals surface area contributed by atoms with Gasteiger partial charge in [-0.05, 0) is 79.8 Å². The molecule has 0 bridgehead atoms. The van der Waals surface area contributed by atoms with Crippen LogP contribution in [0.1, 0.15) is 37.0 Å². The predicted molar refractivity (Wildman–Crippen MR) is 119 cm³/mol. The highest BCUT2D eigenvalue weighted by Crippen LogP contribution is 2.38. The zero-order valence-electron chi connectivity index (χ0n) is 18.7. The summed E-state index contributed by atoms with van der Waals surface area (Å²) in [6.07, 6.45) is -1.21. The molecule has 0 amide bonds. The van der Waals surface area contributed by atoms with Crippen LogP contribution in [0.3, 0.4) is 0 Å². The van der Waals surface area contributed by atoms with Gasteiger partial charge in [-0.15, -0.1) is 13.2 Å². The molecule has 2 aromatic carbocycles. The van der Waals surface area contributed by atoms with Crippen LogP contribution in [0, 0.1) is 6.92 Å². The van der Waals surface area contributed by atoms with Crippen molar-refractivity contribution in [2.45, 2.75) is 46.5 Å². The van der Waals surface area contributed by atoms with Crippen LogP contribution in [-0.2, 0) is 13.0 Å². The highest BCUT2D eigenvalue weighted by molar-refractivity contribution is 5.79. The minimum Gasteiger partial charge on any atom is -0.406 e. The van der Waals surface area contributed by atoms with Crippen molar-refractivity contribution in [1.82, 2.24) is 5.32 Å². The van der Waals surface area contributed by atoms with Crippen molar-refractivity contribution in [2.24, 2.45) is 0 Å². The van der Waals surface area contributed by atoms with Gasteiger partial charge in [0.1, 0.15) is 5.75 Å². The Bertz CT molecular complexity index is 907. The van der Waals surface area contributed by atoms with E-state index >= 15 is 0 Å². The minimum atomic E-state index is -4.72. The van der Waals surface area contributed by atoms with E-state index in [1.54, 1.807) is 12.1 Å². The van der Waals surface area contributed by atoms with Crippen molar-refractivity contribution in [3.8, 4) is 16.9 Å². The molecule has 170 valence electrons. The van der Waals surface area contributed by atoms with E-state index < -0.39 is 6.36 Å². The first-order valence-corrected chi connectivity index (χ1v) is 10.3. The summed E-state index contributed by atoms with van der Waals surface area (Å²) in [6.45, 7) is 6.79. The molecule has 0 heterocycles. The molecule has 0 fully saturated rings. The molecule has 2 rings (SSSR count). The number of aliphatic hydroxyl groups excluding tert-OH is 1. The van der Waals surface area contributed by atoms with Crippen molar-refractivity contribution in [1.29, 1.82) is 0 Å². The fraction of sp³-hybridized carbons (Fsp3) is 0.417. The molecule has 0 radical (unpaired) electrons. The second-order valence-corrected chi connectivity index (χ2v) is 7.55. The number of rotatable bonds is 9. The lowest BCUT2D eigenvalue weighted by atomic mass is 9.90. The van der Waals surface area contributed by atoms with E-state index in [4.69, 9.17) is 0 Å². The zero-order chi connectivity index (χ0) is 23.2. The molecule has 0 aliphatic heterocycles. The topological polar surface area (TPSA) is 44.7 Å². The Balaban J connectivity index is 2.65. The summed E-state index contributed by atoms with van der Waals surface area (Å²) in [5.74, 6) is -0.250. The number of alkyl halides is 3. The number of aliphatic hydroxyl groups is 1. The Labute approximate surface area is 182 Å². The summed E-state index contributed by atoms with van der Waals surface area (Å²) in [5.41, 5.74) is 7.03. The Morgan fingerprint density at radius 3 is 2.39 bits per heavy atom. The summed E-state index contributed by atoms with van der Waals surface area (Å²) in [5, 5.41) is 12.9. The number of ether oxygens (including phenoxy) is 1. The Morgan fingerprint density at radius 2 is 1.87 bits per heavy atom. The van der Waals surface area contributed by atoms with Crippen molar-refractivity contribution in [2.75, 3.05) is 25.6 Å². The SMILES string of the molecule is CC/C(C)=C/N(C)c1c(C)c(-c2ccc(OC(F)(F)F)cc2)cc(CNC)c1CCO. The van der Waals surface area contributed by atoms with Crippen LogP contribution in [0.5, 0.6) is 5.75 Å². The predicted octanol–water partition coefficient (Wildman–Crippen LogP) is 5.56. The third-order valence-electron chi connectivity index (χ3n) is 5.20. The van der Waals surface area contributed by atoms with Crippen molar-refractivity contribution in [3.05, 3.63) is 58.8 Å². The molecule has 7 heteroatoms. The maximum Gasteiger partial charge on any atom is 0.573 e. The highest BCUT2D eigenvalue weighted by atomic mass is 19.4. The van der Waals surface area contributed by atoms with Gasteiger partial charge in [-0.2, -0.15) is 0 Å². The van der Waals surface area contributed by atoms with Crippen LogP contribution < -0.4 is 15.0 Å². The largest absolute Gasteiger partial charge is 0.573 e. The third kappa shape index (κ3) is 6.48. The third-order valence-corrected chi connectivity index (χ3v) is 5.20. The first-order valence-electron chi connectivity index (χ1n) is 10.3. The number of anilines is 1. The molecule has 2 N–H and O–H groups in total. The molecule has 0 saturated carbocycles. The second-order valence-electron chi connectivity index (χ2n) is 7.55. The van der Waals surface area contributed by atoms with Crippen LogP contribution in [0.25, 0.3) is 11.1 Å². The van der Waals surface area contributed by atoms with Gasteiger partial charge in [0.05, 0.1) is 0 Å². The van der Waals surface area contributed by atoms with Crippen molar-refractivity contribution in [3.63, 3.8) is 0 Å². The molecule has 0 spiro atoms. The summed E-state index contributed by atoms with van der Waals surface area (Å²) in [4.78, 5) is 2.07. The van der Waals surface area contributed by atoms with Crippen molar-refractivity contribution >= 4 is 5.69 Å². The fourth-order valence-electron chi connectivity index (χ4n) is 3.71. The monoisotopic (exact) mass is 436 g/mol. The lowest BCUT2D eigenvalue weighted by Crippen LogP contribution is -2.18. The Kier molecular flexibility index (Phi) is 8.53. The summed E-state index contributed by atoms with van der Waals surface area (Å²) < 4.78 is 41.5. The van der Waals surface area contributed by atoms with Gasteiger partial charge < -0.3 is 20.1 Å². The van der Waals surface area contributed by atoms with E-state index in [2.05, 4.69) is 35.0 Å². The highest BCUT2D eigenvalue weighted by Gasteiger charge is 2.31. The Hall–Kier alpha value is -2.51. The standard InChI is InChI=1S/C24H31F3N2O2/c1-6-16(2)15-29(5)23-17(3)22(13-19(14-28-4)21(23)11-12-30)18-7-9-20(10-8-18)31-24(25,26)27/h7-10,13,15,28,30H,6,11-12,14H2,1-5H3/b16-15+. The lowest BCUT2D eigenvalue weighted by Gasteiger charge is -2.27. The van der Waals surface area contributed by atoms with Gasteiger partial charge in [-0.1, -0.05) is 24.6 Å². The zero-order valence-corrected chi connectivity index (χ0v) is 18.7. The summed E-state index contributed by atoms with van der Waals surface area (Å²) in [7, 11) is 3.84. The van der Waals surface area contributed by atoms with E-state index in [0.717, 1.165) is 39.9 Å². The van der Waals surface area contributed by atoms with E-state index in [1.165, 1.54) is 17.7 Å². The molecule has 2 aromatic rings. The molecule has 0 atom stereocenters. The molecule has 0 aromatic heterocycles. The van der Waals surface area contributed by atoms with Crippen LogP contribution in [0.4, 0.5) is 18.9 Å². The van der Waals surface area contributed by atoms with Gasteiger partial charge in [0.25, 0.3) is 0 Å². The molecule has 0 saturated heterocycles. The van der Waals surface area contributed by atoms with E-state index in [0.29, 0.717) is 13.0 Å². The van der Waals surface area contributed by atoms with Gasteiger partial charge in [0, 0.05) is 32.1 Å². The molecular weight excluding hydrogens is 405 g/mol. The second kappa shape index (κ2) is 10.7. The summed E-state index contributed by atoms with van der Waals surface area (Å²) in [6, 6.07) is 7.97. The van der Waals surface area contributed by atoms with Gasteiger partial charge in [-0.25, -0.2) is 0 Å². The Morgan fingerprint density at radius 1 is 1.23 bits per heavy atom. The van der Waals surface area contributed by atoms with Crippen LogP contribution in [0.2, 0.25) is 0 Å². The first-order chi connectivity index (χ1) is 14.6. The first kappa shape index (κ1) is 24.8. The van der Waals surface area contributed by atoms with Gasteiger partial charge in [0.15, 0.2) is 0 Å². The number of benzene rings is 2. The average Bonchev–Trinajstić information content (AvgIpc) is 2.69. The fourth-order valence-corrected chi connectivity index (χ4v) is 3.71. The lowest BCUT2D eigenvalue weighted by molar-refractivity contribution is -0.274. The van der Waals surface area contributed by atoms with E-state index in [-0.39, 0.29) is 12.4 Å². The van der Waals surface area contributed by atoms with Crippen LogP contribution in [-0.4, -0.2) is 32.2 Å². The number of nitrogens with one attached hydrogen (secondary N) is 1. The molecule has 0 unspecified atom stereocenters. The molecule has 0 aliphatic rings. The number of allylic oxidation sites excluding steroid dienone is 1. The van der Waals surface area contributed by atoms with Crippen molar-refractivity contribution < 1.29 is 23.0 Å². The quantitative estimate of drug-likeness (QED) is 0.540. The van der Waals surface area contributed by atoms with E-state index in [1.807, 2.05) is 27.1 Å². The molecule has 4 nitrogen and oxygen atoms in total. The molecular formula is C24H31F3N2O2. The maximum atomic E-state index is 12.5. The van der Waals surface area contributed by atoms with Crippen LogP contribution >= 0.6 is 0 Å². The minimum absolute atomic E-state index is 0.0241. The maximum absolute atomic E-state index is 12.5. The number of hydrogen-bond donors (Lipinski definition) is 2. The number of halogens is 3. The van der Waals surface area contributed by atoms with Gasteiger partial charge >= 0.3 is 6.36 Å². The smallest absolute Gasteiger partial charge is 0.406 e. The number of hydrogen-bond acceptors (Lipinski definition) is 4. The normalized spacial score (nSPS) is 12.2. The van der Waals surface area contributed by atoms with E-state index in [9.17, 15) is 18.3 Å². The van der Waals surface area contributed by atoms with Gasteiger partial charge in [-0.3, -0.25) is 0 Å². The molecule has 31 heavy (non-hydrogen) atoms.